The second-order valence-electron chi connectivity index (χ2n) is 14.8. The summed E-state index contributed by atoms with van der Waals surface area (Å²) < 4.78 is 146. The number of alkyl halides is 9. The third-order valence-corrected chi connectivity index (χ3v) is 10.2. The van der Waals surface area contributed by atoms with E-state index in [0.29, 0.717) is 35.8 Å². The average Bonchev–Trinajstić information content (AvgIpc) is 3.33. The largest absolute Gasteiger partial charge is 0.439 e. The van der Waals surface area contributed by atoms with Crippen molar-refractivity contribution >= 4 is 17.6 Å². The molecule has 0 radical (unpaired) electrons. The molecule has 3 aromatic rings. The molecule has 6 nitrogen and oxygen atoms in total. The summed E-state index contributed by atoms with van der Waals surface area (Å²) in [6, 6.07) is 6.34. The number of benzene rings is 3. The summed E-state index contributed by atoms with van der Waals surface area (Å²) >= 11 is 0. The van der Waals surface area contributed by atoms with E-state index in [4.69, 9.17) is 4.74 Å². The lowest BCUT2D eigenvalue weighted by molar-refractivity contribution is -0.143. The molecular formula is C38H34F10N2O4. The quantitative estimate of drug-likeness (QED) is 0.254. The van der Waals surface area contributed by atoms with Gasteiger partial charge in [0.25, 0.3) is 5.91 Å². The van der Waals surface area contributed by atoms with Gasteiger partial charge in [0.05, 0.1) is 28.8 Å². The highest BCUT2D eigenvalue weighted by Crippen LogP contribution is 2.47. The van der Waals surface area contributed by atoms with E-state index in [1.807, 2.05) is 13.8 Å². The fraction of sp³-hybridized carbons (Fsp3) is 0.421. The van der Waals surface area contributed by atoms with E-state index in [1.165, 1.54) is 30.0 Å². The minimum Gasteiger partial charge on any atom is -0.439 e. The Hall–Kier alpha value is -4.60. The molecule has 0 spiro atoms. The first-order valence-corrected chi connectivity index (χ1v) is 16.9. The van der Waals surface area contributed by atoms with Crippen LogP contribution in [-0.4, -0.2) is 58.7 Å². The lowest BCUT2D eigenvalue weighted by Crippen LogP contribution is -2.53. The van der Waals surface area contributed by atoms with Crippen LogP contribution in [0.25, 0.3) is 16.7 Å². The van der Waals surface area contributed by atoms with Crippen LogP contribution in [-0.2, 0) is 23.3 Å². The van der Waals surface area contributed by atoms with Crippen LogP contribution in [0.15, 0.2) is 60.2 Å². The summed E-state index contributed by atoms with van der Waals surface area (Å²) in [5.74, 6) is -1.47. The standard InChI is InChI=1S/C38H34F10N2O4/c1-19-32(22-10-24(36(40,41)42)14-25(11-22)37(43,44)45)54-34(53)50(19)16-23-15-35(2,3)9-8-27(23)29-12-20(5-7-31(29)39)28-6-4-21(13-30(28)38(46,47)48)33(52)49-17-26(51)18-49/h4-7,10-14,19,26,32,51H,8-9,15-18H2,1-3H3/t19-,32-/m0/s1. The van der Waals surface area contributed by atoms with Gasteiger partial charge in [-0.25, -0.2) is 9.18 Å². The molecule has 0 unspecified atom stereocenters. The molecule has 54 heavy (non-hydrogen) atoms. The minimum atomic E-state index is -5.13. The number of allylic oxidation sites excluding steroid dienone is 1. The zero-order valence-electron chi connectivity index (χ0n) is 29.0. The van der Waals surface area contributed by atoms with Gasteiger partial charge in [-0.15, -0.1) is 0 Å². The first-order valence-electron chi connectivity index (χ1n) is 16.9. The van der Waals surface area contributed by atoms with Crippen LogP contribution in [0.3, 0.4) is 0 Å². The zero-order valence-corrected chi connectivity index (χ0v) is 29.0. The van der Waals surface area contributed by atoms with Crippen molar-refractivity contribution in [3.05, 3.63) is 99.4 Å². The molecular weight excluding hydrogens is 738 g/mol. The van der Waals surface area contributed by atoms with Crippen molar-refractivity contribution in [1.29, 1.82) is 0 Å². The first kappa shape index (κ1) is 39.1. The maximum Gasteiger partial charge on any atom is 0.417 e. The third kappa shape index (κ3) is 7.80. The van der Waals surface area contributed by atoms with Gasteiger partial charge in [0.15, 0.2) is 0 Å². The van der Waals surface area contributed by atoms with E-state index < -0.39 is 82.3 Å². The van der Waals surface area contributed by atoms with Crippen LogP contribution in [0.2, 0.25) is 0 Å². The molecule has 2 heterocycles. The molecule has 0 aromatic heterocycles. The first-order chi connectivity index (χ1) is 24.9. The Morgan fingerprint density at radius 2 is 1.50 bits per heavy atom. The molecule has 1 aliphatic carbocycles. The van der Waals surface area contributed by atoms with Crippen molar-refractivity contribution in [2.45, 2.75) is 76.8 Å². The minimum absolute atomic E-state index is 0.0175. The van der Waals surface area contributed by atoms with Crippen molar-refractivity contribution < 1.29 is 63.3 Å². The molecule has 6 rings (SSSR count). The summed E-state index contributed by atoms with van der Waals surface area (Å²) in [5.41, 5.74) is -5.00. The van der Waals surface area contributed by atoms with Crippen LogP contribution in [0.5, 0.6) is 0 Å². The van der Waals surface area contributed by atoms with Crippen LogP contribution in [0.4, 0.5) is 48.7 Å². The highest BCUT2D eigenvalue weighted by molar-refractivity contribution is 5.96. The Kier molecular flexibility index (Phi) is 9.85. The molecule has 2 saturated heterocycles. The van der Waals surface area contributed by atoms with E-state index >= 15 is 4.39 Å². The summed E-state index contributed by atoms with van der Waals surface area (Å²) in [7, 11) is 0. The van der Waals surface area contributed by atoms with Crippen molar-refractivity contribution in [3.8, 4) is 11.1 Å². The maximum atomic E-state index is 15.7. The van der Waals surface area contributed by atoms with Gasteiger partial charge in [-0.1, -0.05) is 26.0 Å². The highest BCUT2D eigenvalue weighted by Gasteiger charge is 2.44. The van der Waals surface area contributed by atoms with E-state index in [0.717, 1.165) is 17.0 Å². The maximum absolute atomic E-state index is 15.7. The number of carbonyl (C=O) groups excluding carboxylic acids is 2. The number of rotatable bonds is 6. The van der Waals surface area contributed by atoms with Crippen molar-refractivity contribution in [2.75, 3.05) is 19.6 Å². The molecule has 2 aliphatic heterocycles. The molecule has 2 fully saturated rings. The fourth-order valence-electron chi connectivity index (χ4n) is 7.29. The average molecular weight is 773 g/mol. The van der Waals surface area contributed by atoms with Gasteiger partial charge in [0, 0.05) is 30.8 Å². The Balaban J connectivity index is 1.37. The van der Waals surface area contributed by atoms with Gasteiger partial charge in [-0.2, -0.15) is 39.5 Å². The summed E-state index contributed by atoms with van der Waals surface area (Å²) in [5, 5.41) is 9.52. The molecule has 1 N–H and O–H groups in total. The number of ether oxygens (including phenoxy) is 1. The predicted octanol–water partition coefficient (Wildman–Crippen LogP) is 9.91. The van der Waals surface area contributed by atoms with Gasteiger partial charge in [0.1, 0.15) is 11.9 Å². The molecule has 3 aliphatic rings. The van der Waals surface area contributed by atoms with Gasteiger partial charge in [0.2, 0.25) is 0 Å². The monoisotopic (exact) mass is 772 g/mol. The van der Waals surface area contributed by atoms with E-state index in [1.54, 1.807) is 0 Å². The summed E-state index contributed by atoms with van der Waals surface area (Å²) in [6.07, 6.45) is -17.5. The van der Waals surface area contributed by atoms with Gasteiger partial charge in [-0.3, -0.25) is 9.69 Å². The Labute approximate surface area is 303 Å². The second-order valence-corrected chi connectivity index (χ2v) is 14.8. The number of aliphatic hydroxyl groups is 1. The van der Waals surface area contributed by atoms with Crippen molar-refractivity contribution in [3.63, 3.8) is 0 Å². The molecule has 16 heteroatoms. The zero-order chi connectivity index (χ0) is 39.7. The number of amides is 2. The predicted molar refractivity (Wildman–Crippen MR) is 175 cm³/mol. The topological polar surface area (TPSA) is 70.1 Å². The highest BCUT2D eigenvalue weighted by atomic mass is 19.4. The van der Waals surface area contributed by atoms with Crippen LogP contribution in [0.1, 0.15) is 84.3 Å². The Morgan fingerprint density at radius 1 is 0.870 bits per heavy atom. The number of β-amino-alcohol motifs (C(OH)–C–C–N with tert-alkyl or cyclic N) is 1. The lowest BCUT2D eigenvalue weighted by atomic mass is 9.72. The van der Waals surface area contributed by atoms with Crippen LogP contribution < -0.4 is 0 Å². The number of carbonyl (C=O) groups is 2. The molecule has 2 atom stereocenters. The van der Waals surface area contributed by atoms with E-state index in [9.17, 15) is 54.2 Å². The third-order valence-electron chi connectivity index (χ3n) is 10.2. The summed E-state index contributed by atoms with van der Waals surface area (Å²) in [6.45, 7) is 4.93. The van der Waals surface area contributed by atoms with Gasteiger partial charge in [-0.05, 0) is 102 Å². The van der Waals surface area contributed by atoms with Crippen LogP contribution >= 0.6 is 0 Å². The van der Waals surface area contributed by atoms with Crippen molar-refractivity contribution in [2.24, 2.45) is 5.41 Å². The SMILES string of the molecule is C[C@H]1[C@@H](c2cc(C(F)(F)F)cc(C(F)(F)F)c2)OC(=O)N1CC1=C(c2cc(-c3ccc(C(=O)N4CC(O)C4)cc3C(F)(F)F)ccc2F)CCC(C)(C)C1. The van der Waals surface area contributed by atoms with Crippen LogP contribution in [0, 0.1) is 11.2 Å². The number of cyclic esters (lactones) is 1. The Morgan fingerprint density at radius 3 is 2.07 bits per heavy atom. The number of nitrogens with zero attached hydrogens (tertiary/aromatic N) is 2. The number of aliphatic hydroxyl groups excluding tert-OH is 1. The number of halogens is 10. The van der Waals surface area contributed by atoms with E-state index in [-0.39, 0.29) is 60.8 Å². The number of hydrogen-bond donors (Lipinski definition) is 1. The molecule has 290 valence electrons. The number of likely N-dealkylation sites (tertiary alicyclic amines) is 1. The second kappa shape index (κ2) is 13.6. The fourth-order valence-corrected chi connectivity index (χ4v) is 7.29. The molecule has 0 saturated carbocycles. The Bertz CT molecular complexity index is 1980. The van der Waals surface area contributed by atoms with Gasteiger partial charge < -0.3 is 14.7 Å². The smallest absolute Gasteiger partial charge is 0.417 e. The molecule has 2 amide bonds. The lowest BCUT2D eigenvalue weighted by Gasteiger charge is -2.36. The van der Waals surface area contributed by atoms with Gasteiger partial charge >= 0.3 is 24.6 Å². The summed E-state index contributed by atoms with van der Waals surface area (Å²) in [4.78, 5) is 28.3. The number of hydrogen-bond acceptors (Lipinski definition) is 4. The normalized spacial score (nSPS) is 21.0. The van der Waals surface area contributed by atoms with E-state index in [2.05, 4.69) is 0 Å². The van der Waals surface area contributed by atoms with Crippen molar-refractivity contribution in [1.82, 2.24) is 9.80 Å². The molecule has 0 bridgehead atoms. The molecule has 3 aromatic carbocycles.